The van der Waals surface area contributed by atoms with Gasteiger partial charge in [-0.2, -0.15) is 0 Å². The van der Waals surface area contributed by atoms with Crippen LogP contribution < -0.4 is 0 Å². The van der Waals surface area contributed by atoms with E-state index in [2.05, 4.69) is 33.9 Å². The maximum absolute atomic E-state index is 10.5. The van der Waals surface area contributed by atoms with Crippen molar-refractivity contribution in [2.45, 2.75) is 76.7 Å². The Bertz CT molecular complexity index is 526. The Kier molecular flexibility index (Phi) is 6.85. The maximum atomic E-state index is 10.5. The van der Waals surface area contributed by atoms with Crippen molar-refractivity contribution in [2.75, 3.05) is 6.61 Å². The standard InChI is InChI=1S/C20H34O4Si/c1-20(2,3)25(4,5)24-19-12-16(11-18(22)17(19)13-21)23-14-15-9-7-6-8-10-15/h6-10,16-19,21-22H,11-14H2,1-5H3/t16-,17+,18+,19+/m1/s1. The molecule has 0 heterocycles. The third-order valence-corrected chi connectivity index (χ3v) is 10.3. The number of aliphatic hydroxyl groups is 2. The first-order valence-electron chi connectivity index (χ1n) is 9.26. The molecule has 5 heteroatoms. The van der Waals surface area contributed by atoms with E-state index in [1.165, 1.54) is 0 Å². The minimum absolute atomic E-state index is 0.0484. The van der Waals surface area contributed by atoms with Gasteiger partial charge < -0.3 is 19.4 Å². The van der Waals surface area contributed by atoms with E-state index in [0.717, 1.165) is 12.0 Å². The molecule has 0 amide bonds. The van der Waals surface area contributed by atoms with Crippen molar-refractivity contribution in [2.24, 2.45) is 5.92 Å². The van der Waals surface area contributed by atoms with Gasteiger partial charge in [0, 0.05) is 12.3 Å². The lowest BCUT2D eigenvalue weighted by atomic mass is 9.83. The van der Waals surface area contributed by atoms with Crippen LogP contribution >= 0.6 is 0 Å². The van der Waals surface area contributed by atoms with E-state index in [1.54, 1.807) is 0 Å². The number of ether oxygens (including phenoxy) is 1. The largest absolute Gasteiger partial charge is 0.413 e. The van der Waals surface area contributed by atoms with Crippen molar-refractivity contribution < 1.29 is 19.4 Å². The topological polar surface area (TPSA) is 58.9 Å². The smallest absolute Gasteiger partial charge is 0.192 e. The van der Waals surface area contributed by atoms with E-state index in [9.17, 15) is 10.2 Å². The number of hydrogen-bond acceptors (Lipinski definition) is 4. The molecule has 0 aliphatic heterocycles. The normalized spacial score (nSPS) is 28.1. The van der Waals surface area contributed by atoms with Crippen molar-refractivity contribution >= 4 is 8.32 Å². The minimum atomic E-state index is -1.97. The molecule has 0 saturated heterocycles. The van der Waals surface area contributed by atoms with Gasteiger partial charge in [0.25, 0.3) is 0 Å². The molecule has 25 heavy (non-hydrogen) atoms. The fourth-order valence-corrected chi connectivity index (χ4v) is 4.46. The van der Waals surface area contributed by atoms with Gasteiger partial charge in [0.15, 0.2) is 8.32 Å². The van der Waals surface area contributed by atoms with Crippen LogP contribution in [-0.2, 0) is 15.8 Å². The summed E-state index contributed by atoms with van der Waals surface area (Å²) in [5, 5.41) is 20.4. The van der Waals surface area contributed by atoms with Crippen LogP contribution in [-0.4, -0.2) is 43.4 Å². The summed E-state index contributed by atoms with van der Waals surface area (Å²) in [5.41, 5.74) is 1.13. The van der Waals surface area contributed by atoms with E-state index >= 15 is 0 Å². The highest BCUT2D eigenvalue weighted by Gasteiger charge is 2.44. The van der Waals surface area contributed by atoms with Crippen molar-refractivity contribution in [3.63, 3.8) is 0 Å². The molecule has 1 aliphatic carbocycles. The zero-order valence-electron chi connectivity index (χ0n) is 16.2. The molecular weight excluding hydrogens is 332 g/mol. The molecule has 0 unspecified atom stereocenters. The minimum Gasteiger partial charge on any atom is -0.413 e. The molecule has 0 aromatic heterocycles. The first-order chi connectivity index (χ1) is 11.6. The number of benzene rings is 1. The van der Waals surface area contributed by atoms with E-state index in [-0.39, 0.29) is 29.8 Å². The molecule has 0 radical (unpaired) electrons. The highest BCUT2D eigenvalue weighted by Crippen LogP contribution is 2.40. The number of hydrogen-bond donors (Lipinski definition) is 2. The first-order valence-corrected chi connectivity index (χ1v) is 12.2. The quantitative estimate of drug-likeness (QED) is 0.753. The van der Waals surface area contributed by atoms with Crippen LogP contribution in [0.2, 0.25) is 18.1 Å². The van der Waals surface area contributed by atoms with Gasteiger partial charge in [0.1, 0.15) is 0 Å². The Labute approximate surface area is 153 Å². The second-order valence-electron chi connectivity index (χ2n) is 8.72. The summed E-state index contributed by atoms with van der Waals surface area (Å²) >= 11 is 0. The van der Waals surface area contributed by atoms with Gasteiger partial charge in [-0.3, -0.25) is 0 Å². The molecule has 1 saturated carbocycles. The zero-order valence-corrected chi connectivity index (χ0v) is 17.2. The predicted octanol–water partition coefficient (Wildman–Crippen LogP) is 3.73. The number of aliphatic hydroxyl groups excluding tert-OH is 2. The predicted molar refractivity (Wildman–Crippen MR) is 103 cm³/mol. The molecule has 1 fully saturated rings. The van der Waals surface area contributed by atoms with Crippen LogP contribution in [0.4, 0.5) is 0 Å². The summed E-state index contributed by atoms with van der Waals surface area (Å²) in [6, 6.07) is 10.1. The molecule has 0 spiro atoms. The summed E-state index contributed by atoms with van der Waals surface area (Å²) in [4.78, 5) is 0. The highest BCUT2D eigenvalue weighted by molar-refractivity contribution is 6.74. The summed E-state index contributed by atoms with van der Waals surface area (Å²) in [5.74, 6) is -0.231. The molecule has 4 nitrogen and oxygen atoms in total. The van der Waals surface area contributed by atoms with Crippen LogP contribution in [0.3, 0.4) is 0 Å². The second-order valence-corrected chi connectivity index (χ2v) is 13.5. The van der Waals surface area contributed by atoms with Crippen LogP contribution in [0, 0.1) is 5.92 Å². The van der Waals surface area contributed by atoms with Gasteiger partial charge in [0.2, 0.25) is 0 Å². The van der Waals surface area contributed by atoms with Crippen LogP contribution in [0.25, 0.3) is 0 Å². The zero-order chi connectivity index (χ0) is 18.7. The Morgan fingerprint density at radius 2 is 1.76 bits per heavy atom. The van der Waals surface area contributed by atoms with Gasteiger partial charge in [-0.1, -0.05) is 51.1 Å². The Morgan fingerprint density at radius 3 is 2.32 bits per heavy atom. The maximum Gasteiger partial charge on any atom is 0.192 e. The lowest BCUT2D eigenvalue weighted by Crippen LogP contribution is -2.52. The fraction of sp³-hybridized carbons (Fsp3) is 0.700. The Balaban J connectivity index is 2.03. The van der Waals surface area contributed by atoms with Crippen LogP contribution in [0.5, 0.6) is 0 Å². The summed E-state index contributed by atoms with van der Waals surface area (Å²) in [6.45, 7) is 11.5. The van der Waals surface area contributed by atoms with Crippen LogP contribution in [0.1, 0.15) is 39.2 Å². The Hall–Kier alpha value is -0.723. The molecule has 2 rings (SSSR count). The summed E-state index contributed by atoms with van der Waals surface area (Å²) < 4.78 is 12.6. The third kappa shape index (κ3) is 5.38. The summed E-state index contributed by atoms with van der Waals surface area (Å²) in [7, 11) is -1.97. The third-order valence-electron chi connectivity index (χ3n) is 5.76. The molecular formula is C20H34O4Si. The fourth-order valence-electron chi connectivity index (χ4n) is 3.08. The van der Waals surface area contributed by atoms with E-state index in [4.69, 9.17) is 9.16 Å². The number of rotatable bonds is 6. The van der Waals surface area contributed by atoms with E-state index in [0.29, 0.717) is 13.0 Å². The molecule has 0 bridgehead atoms. The average molecular weight is 367 g/mol. The van der Waals surface area contributed by atoms with Crippen LogP contribution in [0.15, 0.2) is 30.3 Å². The van der Waals surface area contributed by atoms with E-state index < -0.39 is 14.4 Å². The average Bonchev–Trinajstić information content (AvgIpc) is 2.52. The van der Waals surface area contributed by atoms with Gasteiger partial charge in [-0.15, -0.1) is 0 Å². The van der Waals surface area contributed by atoms with Gasteiger partial charge in [-0.05, 0) is 30.1 Å². The SMILES string of the molecule is CC(C)(C)[Si](C)(C)O[C@H]1C[C@H](OCc2ccccc2)C[C@H](O)[C@@H]1CO. The first kappa shape index (κ1) is 20.6. The molecule has 1 aromatic carbocycles. The monoisotopic (exact) mass is 366 g/mol. The second kappa shape index (κ2) is 8.31. The molecule has 2 N–H and O–H groups in total. The summed E-state index contributed by atoms with van der Waals surface area (Å²) in [6.07, 6.45) is 0.481. The van der Waals surface area contributed by atoms with Crippen molar-refractivity contribution in [1.82, 2.24) is 0 Å². The van der Waals surface area contributed by atoms with Crippen molar-refractivity contribution in [3.8, 4) is 0 Å². The lowest BCUT2D eigenvalue weighted by Gasteiger charge is -2.45. The highest BCUT2D eigenvalue weighted by atomic mass is 28.4. The van der Waals surface area contributed by atoms with Gasteiger partial charge >= 0.3 is 0 Å². The van der Waals surface area contributed by atoms with Gasteiger partial charge in [0.05, 0.1) is 31.5 Å². The molecule has 1 aliphatic rings. The van der Waals surface area contributed by atoms with E-state index in [1.807, 2.05) is 30.3 Å². The molecule has 4 atom stereocenters. The Morgan fingerprint density at radius 1 is 1.12 bits per heavy atom. The van der Waals surface area contributed by atoms with Crippen molar-refractivity contribution in [3.05, 3.63) is 35.9 Å². The lowest BCUT2D eigenvalue weighted by molar-refractivity contribution is -0.106. The molecule has 142 valence electrons. The van der Waals surface area contributed by atoms with Crippen molar-refractivity contribution in [1.29, 1.82) is 0 Å². The molecule has 1 aromatic rings. The van der Waals surface area contributed by atoms with Gasteiger partial charge in [-0.25, -0.2) is 0 Å².